The van der Waals surface area contributed by atoms with Crippen LogP contribution in [0.2, 0.25) is 0 Å². The van der Waals surface area contributed by atoms with Crippen LogP contribution < -0.4 is 14.9 Å². The van der Waals surface area contributed by atoms with Crippen LogP contribution in [0.25, 0.3) is 0 Å². The van der Waals surface area contributed by atoms with E-state index in [1.54, 1.807) is 6.21 Å². The number of hydrazone groups is 1. The van der Waals surface area contributed by atoms with Gasteiger partial charge in [0.15, 0.2) is 11.5 Å². The first-order chi connectivity index (χ1) is 15.8. The number of nitrogens with one attached hydrogen (secondary N) is 1. The molecule has 0 amide bonds. The number of anilines is 1. The van der Waals surface area contributed by atoms with Crippen LogP contribution in [-0.4, -0.2) is 6.21 Å². The van der Waals surface area contributed by atoms with Crippen molar-refractivity contribution in [3.8, 4) is 11.5 Å². The first-order valence-electron chi connectivity index (χ1n) is 10.6. The summed E-state index contributed by atoms with van der Waals surface area (Å²) in [5, 5.41) is 4.36. The fourth-order valence-electron chi connectivity index (χ4n) is 3.20. The quantitative estimate of drug-likeness (QED) is 0.244. The van der Waals surface area contributed by atoms with Crippen LogP contribution in [-0.2, 0) is 13.2 Å². The third-order valence-corrected chi connectivity index (χ3v) is 4.87. The maximum absolute atomic E-state index is 6.13. The molecule has 4 heteroatoms. The van der Waals surface area contributed by atoms with Gasteiger partial charge in [0.2, 0.25) is 0 Å². The molecule has 0 bridgehead atoms. The molecule has 4 rings (SSSR count). The van der Waals surface area contributed by atoms with Gasteiger partial charge in [0.05, 0.1) is 11.9 Å². The Morgan fingerprint density at radius 2 is 1.34 bits per heavy atom. The summed E-state index contributed by atoms with van der Waals surface area (Å²) >= 11 is 0. The highest BCUT2D eigenvalue weighted by Crippen LogP contribution is 2.29. The Bertz CT molecular complexity index is 1160. The summed E-state index contributed by atoms with van der Waals surface area (Å²) in [6.45, 7) is 3.00. The molecule has 0 aromatic heterocycles. The Hall–Kier alpha value is -4.05. The molecule has 1 N–H and O–H groups in total. The van der Waals surface area contributed by atoms with E-state index in [1.165, 1.54) is 5.56 Å². The minimum atomic E-state index is 0.463. The maximum Gasteiger partial charge on any atom is 0.162 e. The SMILES string of the molecule is Cc1cccc(N/N=C\c2ccc(OCc3ccccc3)c(OCc3ccccc3)c2)c1. The monoisotopic (exact) mass is 422 g/mol. The standard InChI is InChI=1S/C28H26N2O2/c1-22-9-8-14-26(17-22)30-29-19-25-15-16-27(31-20-23-10-4-2-5-11-23)28(18-25)32-21-24-12-6-3-7-13-24/h2-19,30H,20-21H2,1H3/b29-19-. The van der Waals surface area contributed by atoms with Gasteiger partial charge in [0, 0.05) is 0 Å². The molecular formula is C28H26N2O2. The smallest absolute Gasteiger partial charge is 0.162 e. The van der Waals surface area contributed by atoms with Gasteiger partial charge in [-0.3, -0.25) is 5.43 Å². The van der Waals surface area contributed by atoms with Crippen LogP contribution in [0.3, 0.4) is 0 Å². The zero-order valence-electron chi connectivity index (χ0n) is 18.1. The lowest BCUT2D eigenvalue weighted by atomic mass is 10.2. The van der Waals surface area contributed by atoms with Crippen molar-refractivity contribution >= 4 is 11.9 Å². The summed E-state index contributed by atoms with van der Waals surface area (Å²) in [6.07, 6.45) is 1.78. The second-order valence-corrected chi connectivity index (χ2v) is 7.49. The molecule has 4 aromatic rings. The number of nitrogens with zero attached hydrogens (tertiary/aromatic N) is 1. The van der Waals surface area contributed by atoms with Gasteiger partial charge in [-0.15, -0.1) is 0 Å². The number of rotatable bonds is 9. The molecule has 0 saturated heterocycles. The summed E-state index contributed by atoms with van der Waals surface area (Å²) < 4.78 is 12.2. The predicted octanol–water partition coefficient (Wildman–Crippen LogP) is 6.60. The van der Waals surface area contributed by atoms with Gasteiger partial charge in [-0.25, -0.2) is 0 Å². The molecule has 0 spiro atoms. The van der Waals surface area contributed by atoms with Crippen molar-refractivity contribution in [2.45, 2.75) is 20.1 Å². The van der Waals surface area contributed by atoms with E-state index < -0.39 is 0 Å². The van der Waals surface area contributed by atoms with Crippen LogP contribution in [0.4, 0.5) is 5.69 Å². The topological polar surface area (TPSA) is 42.9 Å². The predicted molar refractivity (Wildman–Crippen MR) is 130 cm³/mol. The third-order valence-electron chi connectivity index (χ3n) is 4.87. The third kappa shape index (κ3) is 6.22. The molecule has 0 heterocycles. The fourth-order valence-corrected chi connectivity index (χ4v) is 3.20. The first-order valence-corrected chi connectivity index (χ1v) is 10.6. The van der Waals surface area contributed by atoms with Gasteiger partial charge < -0.3 is 9.47 Å². The highest BCUT2D eigenvalue weighted by molar-refractivity contribution is 5.81. The number of ether oxygens (including phenoxy) is 2. The Kier molecular flexibility index (Phi) is 7.17. The lowest BCUT2D eigenvalue weighted by molar-refractivity contribution is 0.256. The molecular weight excluding hydrogens is 396 g/mol. The second kappa shape index (κ2) is 10.8. The molecule has 0 radical (unpaired) electrons. The van der Waals surface area contributed by atoms with E-state index in [1.807, 2.05) is 97.1 Å². The molecule has 4 nitrogen and oxygen atoms in total. The van der Waals surface area contributed by atoms with Gasteiger partial charge in [-0.2, -0.15) is 5.10 Å². The first kappa shape index (κ1) is 21.2. The Labute approximate surface area is 189 Å². The molecule has 0 unspecified atom stereocenters. The average molecular weight is 423 g/mol. The Morgan fingerprint density at radius 3 is 2.00 bits per heavy atom. The molecule has 160 valence electrons. The second-order valence-electron chi connectivity index (χ2n) is 7.49. The lowest BCUT2D eigenvalue weighted by Crippen LogP contribution is -2.01. The number of hydrogen-bond donors (Lipinski definition) is 1. The normalized spacial score (nSPS) is 10.8. The summed E-state index contributed by atoms with van der Waals surface area (Å²) in [4.78, 5) is 0. The summed E-state index contributed by atoms with van der Waals surface area (Å²) in [5.41, 5.74) is 8.32. The van der Waals surface area contributed by atoms with Crippen LogP contribution >= 0.6 is 0 Å². The van der Waals surface area contributed by atoms with Crippen molar-refractivity contribution in [3.63, 3.8) is 0 Å². The highest BCUT2D eigenvalue weighted by atomic mass is 16.5. The van der Waals surface area contributed by atoms with Crippen LogP contribution in [0.15, 0.2) is 108 Å². The fraction of sp³-hybridized carbons (Fsp3) is 0.107. The van der Waals surface area contributed by atoms with E-state index >= 15 is 0 Å². The summed E-state index contributed by atoms with van der Waals surface area (Å²) in [5.74, 6) is 1.39. The van der Waals surface area contributed by atoms with Gasteiger partial charge in [0.1, 0.15) is 13.2 Å². The van der Waals surface area contributed by atoms with E-state index in [-0.39, 0.29) is 0 Å². The van der Waals surface area contributed by atoms with Crippen molar-refractivity contribution in [2.75, 3.05) is 5.43 Å². The summed E-state index contributed by atoms with van der Waals surface area (Å²) in [6, 6.07) is 34.1. The van der Waals surface area contributed by atoms with Crippen molar-refractivity contribution in [1.82, 2.24) is 0 Å². The van der Waals surface area contributed by atoms with E-state index in [0.717, 1.165) is 22.4 Å². The largest absolute Gasteiger partial charge is 0.485 e. The van der Waals surface area contributed by atoms with Gasteiger partial charge in [-0.1, -0.05) is 72.8 Å². The van der Waals surface area contributed by atoms with E-state index in [0.29, 0.717) is 24.7 Å². The molecule has 0 aliphatic heterocycles. The van der Waals surface area contributed by atoms with Gasteiger partial charge >= 0.3 is 0 Å². The molecule has 0 atom stereocenters. The van der Waals surface area contributed by atoms with Crippen LogP contribution in [0, 0.1) is 6.92 Å². The average Bonchev–Trinajstić information content (AvgIpc) is 2.83. The van der Waals surface area contributed by atoms with Crippen molar-refractivity contribution < 1.29 is 9.47 Å². The van der Waals surface area contributed by atoms with E-state index in [2.05, 4.69) is 23.5 Å². The van der Waals surface area contributed by atoms with E-state index in [4.69, 9.17) is 9.47 Å². The minimum Gasteiger partial charge on any atom is -0.485 e. The molecule has 0 fully saturated rings. The zero-order chi connectivity index (χ0) is 22.0. The number of benzene rings is 4. The molecule has 0 aliphatic rings. The Morgan fingerprint density at radius 1 is 0.688 bits per heavy atom. The molecule has 4 aromatic carbocycles. The zero-order valence-corrected chi connectivity index (χ0v) is 18.1. The lowest BCUT2D eigenvalue weighted by Gasteiger charge is -2.14. The molecule has 0 saturated carbocycles. The van der Waals surface area contributed by atoms with Crippen molar-refractivity contribution in [1.29, 1.82) is 0 Å². The highest BCUT2D eigenvalue weighted by Gasteiger charge is 2.08. The molecule has 0 aliphatic carbocycles. The van der Waals surface area contributed by atoms with Crippen molar-refractivity contribution in [2.24, 2.45) is 5.10 Å². The molecule has 32 heavy (non-hydrogen) atoms. The number of aryl methyl sites for hydroxylation is 1. The number of hydrogen-bond acceptors (Lipinski definition) is 4. The van der Waals surface area contributed by atoms with Gasteiger partial charge in [-0.05, 0) is 59.5 Å². The maximum atomic E-state index is 6.13. The van der Waals surface area contributed by atoms with Gasteiger partial charge in [0.25, 0.3) is 0 Å². The summed E-state index contributed by atoms with van der Waals surface area (Å²) in [7, 11) is 0. The van der Waals surface area contributed by atoms with Crippen molar-refractivity contribution in [3.05, 3.63) is 125 Å². The van der Waals surface area contributed by atoms with E-state index in [9.17, 15) is 0 Å². The van der Waals surface area contributed by atoms with Crippen LogP contribution in [0.1, 0.15) is 22.3 Å². The van der Waals surface area contributed by atoms with Crippen LogP contribution in [0.5, 0.6) is 11.5 Å². The minimum absolute atomic E-state index is 0.463. The Balaban J connectivity index is 1.49.